The molecule has 1 aromatic heterocycles. The molecule has 1 atom stereocenters. The van der Waals surface area contributed by atoms with Crippen LogP contribution in [0.25, 0.3) is 10.9 Å². The lowest BCUT2D eigenvalue weighted by molar-refractivity contribution is 0.501. The minimum atomic E-state index is 0.589. The van der Waals surface area contributed by atoms with E-state index in [-0.39, 0.29) is 0 Å². The van der Waals surface area contributed by atoms with Crippen LogP contribution in [-0.4, -0.2) is 18.1 Å². The van der Waals surface area contributed by atoms with Crippen molar-refractivity contribution in [3.05, 3.63) is 41.0 Å². The first-order valence-electron chi connectivity index (χ1n) is 6.48. The van der Waals surface area contributed by atoms with Gasteiger partial charge in [-0.15, -0.1) is 0 Å². The topological polar surface area (TPSA) is 24.9 Å². The Balaban J connectivity index is 1.95. The maximum Gasteiger partial charge on any atom is 0.0719 e. The maximum atomic E-state index is 6.01. The second kappa shape index (κ2) is 4.87. The highest BCUT2D eigenvalue weighted by Crippen LogP contribution is 2.34. The van der Waals surface area contributed by atoms with Gasteiger partial charge in [0.2, 0.25) is 0 Å². The van der Waals surface area contributed by atoms with E-state index in [1.165, 1.54) is 23.8 Å². The molecule has 3 rings (SSSR count). The van der Waals surface area contributed by atoms with Gasteiger partial charge in [-0.3, -0.25) is 4.98 Å². The molecule has 94 valence electrons. The fourth-order valence-corrected chi connectivity index (χ4v) is 2.76. The van der Waals surface area contributed by atoms with Crippen LogP contribution >= 0.6 is 11.6 Å². The molecule has 0 amide bonds. The van der Waals surface area contributed by atoms with Gasteiger partial charge in [0.05, 0.1) is 5.52 Å². The van der Waals surface area contributed by atoms with E-state index in [2.05, 4.69) is 29.5 Å². The SMILES string of the molecule is CNC(Cc1ccnc2cc(Cl)ccc12)C1CC1. The summed E-state index contributed by atoms with van der Waals surface area (Å²) in [6.07, 6.45) is 5.68. The Kier molecular flexibility index (Phi) is 3.23. The fraction of sp³-hybridized carbons (Fsp3) is 0.400. The van der Waals surface area contributed by atoms with Gasteiger partial charge < -0.3 is 5.32 Å². The van der Waals surface area contributed by atoms with Crippen LogP contribution in [0.15, 0.2) is 30.5 Å². The highest BCUT2D eigenvalue weighted by molar-refractivity contribution is 6.31. The zero-order chi connectivity index (χ0) is 12.5. The van der Waals surface area contributed by atoms with Crippen LogP contribution in [0, 0.1) is 5.92 Å². The number of nitrogens with one attached hydrogen (secondary N) is 1. The normalized spacial score (nSPS) is 17.0. The zero-order valence-electron chi connectivity index (χ0n) is 10.5. The first-order valence-corrected chi connectivity index (χ1v) is 6.86. The molecule has 0 bridgehead atoms. The Morgan fingerprint density at radius 2 is 2.22 bits per heavy atom. The molecule has 0 radical (unpaired) electrons. The monoisotopic (exact) mass is 260 g/mol. The molecule has 2 nitrogen and oxygen atoms in total. The second-order valence-electron chi connectivity index (χ2n) is 5.07. The third-order valence-corrected chi connectivity index (χ3v) is 4.03. The van der Waals surface area contributed by atoms with Crippen LogP contribution in [0.1, 0.15) is 18.4 Å². The molecule has 1 aromatic carbocycles. The fourth-order valence-electron chi connectivity index (χ4n) is 2.60. The number of halogens is 1. The van der Waals surface area contributed by atoms with E-state index < -0.39 is 0 Å². The Hall–Kier alpha value is -1.12. The average molecular weight is 261 g/mol. The molecule has 1 N–H and O–H groups in total. The lowest BCUT2D eigenvalue weighted by atomic mass is 9.99. The molecular weight excluding hydrogens is 244 g/mol. The number of aromatic nitrogens is 1. The second-order valence-corrected chi connectivity index (χ2v) is 5.50. The number of benzene rings is 1. The number of pyridine rings is 1. The molecule has 1 heterocycles. The Morgan fingerprint density at radius 1 is 1.39 bits per heavy atom. The number of fused-ring (bicyclic) bond motifs is 1. The first kappa shape index (κ1) is 11.9. The van der Waals surface area contributed by atoms with Crippen molar-refractivity contribution in [3.63, 3.8) is 0 Å². The third kappa shape index (κ3) is 2.36. The van der Waals surface area contributed by atoms with E-state index in [1.807, 2.05) is 18.3 Å². The van der Waals surface area contributed by atoms with Crippen molar-refractivity contribution in [2.75, 3.05) is 7.05 Å². The average Bonchev–Trinajstić information content (AvgIpc) is 3.19. The van der Waals surface area contributed by atoms with Gasteiger partial charge in [-0.1, -0.05) is 17.7 Å². The molecular formula is C15H17ClN2. The Bertz CT molecular complexity index is 563. The molecule has 0 spiro atoms. The minimum Gasteiger partial charge on any atom is -0.316 e. The van der Waals surface area contributed by atoms with Crippen LogP contribution in [0.3, 0.4) is 0 Å². The molecule has 1 saturated carbocycles. The Labute approximate surface area is 112 Å². The number of hydrogen-bond acceptors (Lipinski definition) is 2. The summed E-state index contributed by atoms with van der Waals surface area (Å²) in [6.45, 7) is 0. The third-order valence-electron chi connectivity index (χ3n) is 3.80. The minimum absolute atomic E-state index is 0.589. The molecule has 1 unspecified atom stereocenters. The van der Waals surface area contributed by atoms with Gasteiger partial charge in [0.15, 0.2) is 0 Å². The van der Waals surface area contributed by atoms with Gasteiger partial charge in [-0.25, -0.2) is 0 Å². The molecule has 3 heteroatoms. The van der Waals surface area contributed by atoms with E-state index in [0.29, 0.717) is 6.04 Å². The van der Waals surface area contributed by atoms with Crippen LogP contribution in [0.2, 0.25) is 5.02 Å². The molecule has 0 saturated heterocycles. The summed E-state index contributed by atoms with van der Waals surface area (Å²) in [4.78, 5) is 4.39. The first-order chi connectivity index (χ1) is 8.78. The van der Waals surface area contributed by atoms with E-state index >= 15 is 0 Å². The van der Waals surface area contributed by atoms with Crippen molar-refractivity contribution in [3.8, 4) is 0 Å². The highest BCUT2D eigenvalue weighted by atomic mass is 35.5. The van der Waals surface area contributed by atoms with E-state index in [9.17, 15) is 0 Å². The lowest BCUT2D eigenvalue weighted by Crippen LogP contribution is -2.29. The highest BCUT2D eigenvalue weighted by Gasteiger charge is 2.30. The van der Waals surface area contributed by atoms with Gasteiger partial charge in [0, 0.05) is 22.6 Å². The molecule has 0 aliphatic heterocycles. The Morgan fingerprint density at radius 3 is 2.94 bits per heavy atom. The quantitative estimate of drug-likeness (QED) is 0.911. The zero-order valence-corrected chi connectivity index (χ0v) is 11.2. The van der Waals surface area contributed by atoms with Crippen molar-refractivity contribution in [1.82, 2.24) is 10.3 Å². The van der Waals surface area contributed by atoms with Crippen molar-refractivity contribution < 1.29 is 0 Å². The van der Waals surface area contributed by atoms with Gasteiger partial charge >= 0.3 is 0 Å². The number of hydrogen-bond donors (Lipinski definition) is 1. The largest absolute Gasteiger partial charge is 0.316 e. The summed E-state index contributed by atoms with van der Waals surface area (Å²) in [7, 11) is 2.06. The van der Waals surface area contributed by atoms with Crippen molar-refractivity contribution >= 4 is 22.5 Å². The summed E-state index contributed by atoms with van der Waals surface area (Å²) in [5, 5.41) is 5.42. The maximum absolute atomic E-state index is 6.01. The lowest BCUT2D eigenvalue weighted by Gasteiger charge is -2.16. The molecule has 2 aromatic rings. The molecule has 1 fully saturated rings. The summed E-state index contributed by atoms with van der Waals surface area (Å²) in [5.41, 5.74) is 2.36. The van der Waals surface area contributed by atoms with Gasteiger partial charge in [-0.05, 0) is 56.0 Å². The van der Waals surface area contributed by atoms with Crippen molar-refractivity contribution in [2.45, 2.75) is 25.3 Å². The van der Waals surface area contributed by atoms with E-state index in [4.69, 9.17) is 11.6 Å². The predicted molar refractivity (Wildman–Crippen MR) is 76.0 cm³/mol. The number of rotatable bonds is 4. The van der Waals surface area contributed by atoms with Crippen LogP contribution in [0.4, 0.5) is 0 Å². The molecule has 1 aliphatic rings. The predicted octanol–water partition coefficient (Wildman–Crippen LogP) is 3.43. The molecule has 1 aliphatic carbocycles. The number of likely N-dealkylation sites (N-methyl/N-ethyl adjacent to an activating group) is 1. The summed E-state index contributed by atoms with van der Waals surface area (Å²) in [5.74, 6) is 0.852. The van der Waals surface area contributed by atoms with Crippen LogP contribution < -0.4 is 5.32 Å². The van der Waals surface area contributed by atoms with Gasteiger partial charge in [0.1, 0.15) is 0 Å². The van der Waals surface area contributed by atoms with Crippen LogP contribution in [-0.2, 0) is 6.42 Å². The number of nitrogens with zero attached hydrogens (tertiary/aromatic N) is 1. The van der Waals surface area contributed by atoms with E-state index in [0.717, 1.165) is 22.9 Å². The van der Waals surface area contributed by atoms with E-state index in [1.54, 1.807) is 0 Å². The van der Waals surface area contributed by atoms with Crippen molar-refractivity contribution in [2.24, 2.45) is 5.92 Å². The molecule has 18 heavy (non-hydrogen) atoms. The van der Waals surface area contributed by atoms with Crippen molar-refractivity contribution in [1.29, 1.82) is 0 Å². The smallest absolute Gasteiger partial charge is 0.0719 e. The summed E-state index contributed by atoms with van der Waals surface area (Å²) < 4.78 is 0. The standard InChI is InChI=1S/C15H17ClN2/c1-17-14(10-2-3-10)8-11-6-7-18-15-9-12(16)4-5-13(11)15/h4-7,9-10,14,17H,2-3,8H2,1H3. The summed E-state index contributed by atoms with van der Waals surface area (Å²) in [6, 6.07) is 8.68. The van der Waals surface area contributed by atoms with Gasteiger partial charge in [-0.2, -0.15) is 0 Å². The van der Waals surface area contributed by atoms with Gasteiger partial charge in [0.25, 0.3) is 0 Å². The van der Waals surface area contributed by atoms with Crippen LogP contribution in [0.5, 0.6) is 0 Å². The summed E-state index contributed by atoms with van der Waals surface area (Å²) >= 11 is 6.01.